The lowest BCUT2D eigenvalue weighted by Crippen LogP contribution is -2.13. The Hall–Kier alpha value is -0.940. The van der Waals surface area contributed by atoms with Crippen LogP contribution in [0.4, 0.5) is 0 Å². The summed E-state index contributed by atoms with van der Waals surface area (Å²) in [5, 5.41) is 4.13. The second-order valence-corrected chi connectivity index (χ2v) is 3.59. The van der Waals surface area contributed by atoms with Crippen molar-refractivity contribution in [1.82, 2.24) is 14.8 Å². The summed E-state index contributed by atoms with van der Waals surface area (Å²) < 4.78 is 7.18. The van der Waals surface area contributed by atoms with E-state index in [1.165, 1.54) is 0 Å². The van der Waals surface area contributed by atoms with Crippen LogP contribution in [0.25, 0.3) is 0 Å². The second-order valence-electron chi connectivity index (χ2n) is 3.59. The molecule has 0 spiro atoms. The topological polar surface area (TPSA) is 66.0 Å². The largest absolute Gasteiger partial charge is 0.372 e. The van der Waals surface area contributed by atoms with Gasteiger partial charge in [0.2, 0.25) is 0 Å². The fourth-order valence-electron chi connectivity index (χ4n) is 1.15. The van der Waals surface area contributed by atoms with E-state index in [-0.39, 0.29) is 0 Å². The molecule has 1 heterocycles. The molecular formula is C9H18N4O. The van der Waals surface area contributed by atoms with E-state index in [4.69, 9.17) is 10.5 Å². The summed E-state index contributed by atoms with van der Waals surface area (Å²) in [4.78, 5) is 4.13. The van der Waals surface area contributed by atoms with Crippen molar-refractivity contribution in [2.45, 2.75) is 27.0 Å². The number of hydrogen-bond donors (Lipinski definition) is 1. The highest BCUT2D eigenvalue weighted by atomic mass is 16.5. The first-order valence-corrected chi connectivity index (χ1v) is 4.88. The smallest absolute Gasteiger partial charge is 0.152 e. The van der Waals surface area contributed by atoms with Gasteiger partial charge in [-0.2, -0.15) is 5.10 Å². The molecule has 0 bridgehead atoms. The van der Waals surface area contributed by atoms with Gasteiger partial charge in [-0.25, -0.2) is 9.67 Å². The Bertz CT molecular complexity index is 259. The fraction of sp³-hybridized carbons (Fsp3) is 0.778. The lowest BCUT2D eigenvalue weighted by atomic mass is 10.2. The van der Waals surface area contributed by atoms with E-state index in [1.54, 1.807) is 6.33 Å². The summed E-state index contributed by atoms with van der Waals surface area (Å²) >= 11 is 0. The van der Waals surface area contributed by atoms with Gasteiger partial charge in [-0.15, -0.1) is 0 Å². The van der Waals surface area contributed by atoms with Crippen molar-refractivity contribution in [2.24, 2.45) is 11.7 Å². The summed E-state index contributed by atoms with van der Waals surface area (Å²) in [5.74, 6) is 1.43. The molecule has 0 fully saturated rings. The Balaban J connectivity index is 2.45. The van der Waals surface area contributed by atoms with Crippen LogP contribution in [0.5, 0.6) is 0 Å². The van der Waals surface area contributed by atoms with E-state index >= 15 is 0 Å². The minimum Gasteiger partial charge on any atom is -0.372 e. The average Bonchev–Trinajstić information content (AvgIpc) is 2.52. The second kappa shape index (κ2) is 5.72. The maximum Gasteiger partial charge on any atom is 0.152 e. The van der Waals surface area contributed by atoms with E-state index in [0.29, 0.717) is 25.7 Å². The maximum absolute atomic E-state index is 5.32. The van der Waals surface area contributed by atoms with Gasteiger partial charge in [0.1, 0.15) is 12.9 Å². The summed E-state index contributed by atoms with van der Waals surface area (Å²) in [6.45, 7) is 6.76. The fourth-order valence-corrected chi connectivity index (χ4v) is 1.15. The number of nitrogens with two attached hydrogens (primary N) is 1. The van der Waals surface area contributed by atoms with Crippen LogP contribution < -0.4 is 5.73 Å². The van der Waals surface area contributed by atoms with Gasteiger partial charge in [0.05, 0.1) is 6.61 Å². The van der Waals surface area contributed by atoms with Crippen LogP contribution in [-0.4, -0.2) is 27.9 Å². The zero-order valence-corrected chi connectivity index (χ0v) is 8.81. The van der Waals surface area contributed by atoms with Gasteiger partial charge in [-0.05, 0) is 5.92 Å². The first-order valence-electron chi connectivity index (χ1n) is 4.88. The van der Waals surface area contributed by atoms with Crippen LogP contribution in [0.1, 0.15) is 19.7 Å². The van der Waals surface area contributed by atoms with Crippen molar-refractivity contribution in [3.63, 3.8) is 0 Å². The Morgan fingerprint density at radius 2 is 2.36 bits per heavy atom. The molecule has 5 nitrogen and oxygen atoms in total. The Labute approximate surface area is 84.3 Å². The Kier molecular flexibility index (Phi) is 4.55. The van der Waals surface area contributed by atoms with Crippen molar-refractivity contribution < 1.29 is 4.74 Å². The minimum absolute atomic E-state index is 0.490. The van der Waals surface area contributed by atoms with Crippen molar-refractivity contribution in [3.05, 3.63) is 12.2 Å². The Morgan fingerprint density at radius 3 is 3.00 bits per heavy atom. The van der Waals surface area contributed by atoms with Crippen LogP contribution in [0.3, 0.4) is 0 Å². The van der Waals surface area contributed by atoms with Gasteiger partial charge in [0.15, 0.2) is 5.82 Å². The van der Waals surface area contributed by atoms with Crippen molar-refractivity contribution in [2.75, 3.05) is 13.2 Å². The molecule has 1 aromatic rings. The molecule has 5 heteroatoms. The van der Waals surface area contributed by atoms with Crippen molar-refractivity contribution in [3.8, 4) is 0 Å². The highest BCUT2D eigenvalue weighted by Crippen LogP contribution is 2.02. The molecule has 0 radical (unpaired) electrons. The quantitative estimate of drug-likeness (QED) is 0.672. The monoisotopic (exact) mass is 198 g/mol. The van der Waals surface area contributed by atoms with Gasteiger partial charge < -0.3 is 10.5 Å². The van der Waals surface area contributed by atoms with Crippen molar-refractivity contribution in [1.29, 1.82) is 0 Å². The van der Waals surface area contributed by atoms with Gasteiger partial charge in [0.25, 0.3) is 0 Å². The molecule has 0 aliphatic rings. The highest BCUT2D eigenvalue weighted by molar-refractivity contribution is 4.81. The summed E-state index contributed by atoms with van der Waals surface area (Å²) in [6.07, 6.45) is 1.56. The molecule has 0 aromatic carbocycles. The summed E-state index contributed by atoms with van der Waals surface area (Å²) in [6, 6.07) is 0. The zero-order chi connectivity index (χ0) is 10.4. The number of hydrogen-bond acceptors (Lipinski definition) is 4. The van der Waals surface area contributed by atoms with E-state index in [9.17, 15) is 0 Å². The van der Waals surface area contributed by atoms with Gasteiger partial charge in [0, 0.05) is 13.1 Å². The molecule has 14 heavy (non-hydrogen) atoms. The van der Waals surface area contributed by atoms with Crippen LogP contribution >= 0.6 is 0 Å². The molecule has 80 valence electrons. The van der Waals surface area contributed by atoms with E-state index in [2.05, 4.69) is 23.9 Å². The summed E-state index contributed by atoms with van der Waals surface area (Å²) in [5.41, 5.74) is 5.32. The maximum atomic E-state index is 5.32. The number of nitrogens with zero attached hydrogens (tertiary/aromatic N) is 3. The molecule has 0 aliphatic heterocycles. The molecule has 1 aromatic heterocycles. The van der Waals surface area contributed by atoms with Crippen molar-refractivity contribution >= 4 is 0 Å². The molecule has 0 amide bonds. The highest BCUT2D eigenvalue weighted by Gasteiger charge is 2.05. The third-order valence-electron chi connectivity index (χ3n) is 1.73. The lowest BCUT2D eigenvalue weighted by molar-refractivity contribution is 0.118. The predicted octanol–water partition coefficient (Wildman–Crippen LogP) is 0.409. The average molecular weight is 198 g/mol. The molecule has 0 atom stereocenters. The predicted molar refractivity (Wildman–Crippen MR) is 53.6 cm³/mol. The number of ether oxygens (including phenoxy) is 1. The standard InChI is InChI=1S/C9H18N4O/c1-8(2)5-13-9(11-7-12-13)6-14-4-3-10/h7-8H,3-6,10H2,1-2H3. The van der Waals surface area contributed by atoms with E-state index < -0.39 is 0 Å². The molecule has 0 aliphatic carbocycles. The van der Waals surface area contributed by atoms with E-state index in [1.807, 2.05) is 4.68 Å². The molecular weight excluding hydrogens is 180 g/mol. The zero-order valence-electron chi connectivity index (χ0n) is 8.81. The number of aromatic nitrogens is 3. The van der Waals surface area contributed by atoms with Crippen LogP contribution in [0.15, 0.2) is 6.33 Å². The van der Waals surface area contributed by atoms with E-state index in [0.717, 1.165) is 12.4 Å². The SMILES string of the molecule is CC(C)Cn1ncnc1COCCN. The van der Waals surface area contributed by atoms with Gasteiger partial charge in [-0.1, -0.05) is 13.8 Å². The van der Waals surface area contributed by atoms with Crippen LogP contribution in [0, 0.1) is 5.92 Å². The summed E-state index contributed by atoms with van der Waals surface area (Å²) in [7, 11) is 0. The number of rotatable bonds is 6. The third-order valence-corrected chi connectivity index (χ3v) is 1.73. The molecule has 0 saturated heterocycles. The van der Waals surface area contributed by atoms with Crippen LogP contribution in [0.2, 0.25) is 0 Å². The van der Waals surface area contributed by atoms with Gasteiger partial charge in [-0.3, -0.25) is 0 Å². The lowest BCUT2D eigenvalue weighted by Gasteiger charge is -2.08. The van der Waals surface area contributed by atoms with Gasteiger partial charge >= 0.3 is 0 Å². The molecule has 2 N–H and O–H groups in total. The van der Waals surface area contributed by atoms with Crippen LogP contribution in [-0.2, 0) is 17.9 Å². The normalized spacial score (nSPS) is 11.1. The minimum atomic E-state index is 0.490. The molecule has 0 unspecified atom stereocenters. The Morgan fingerprint density at radius 1 is 1.57 bits per heavy atom. The first-order chi connectivity index (χ1) is 6.74. The molecule has 0 saturated carbocycles. The first kappa shape index (κ1) is 11.1. The molecule has 1 rings (SSSR count). The third kappa shape index (κ3) is 3.43.